The largest absolute Gasteiger partial charge is 0.467 e. The van der Waals surface area contributed by atoms with E-state index in [-0.39, 0.29) is 12.3 Å². The summed E-state index contributed by atoms with van der Waals surface area (Å²) in [5.41, 5.74) is 0.0906. The first-order chi connectivity index (χ1) is 8.08. The average molecular weight is 242 g/mol. The minimum Gasteiger partial charge on any atom is -0.467 e. The van der Waals surface area contributed by atoms with E-state index in [1.807, 2.05) is 0 Å². The fourth-order valence-corrected chi connectivity index (χ4v) is 1.14. The number of nitrogens with zero attached hydrogens (tertiary/aromatic N) is 1. The number of ether oxygens (including phenoxy) is 2. The molecule has 0 saturated carbocycles. The first-order valence-corrected chi connectivity index (χ1v) is 4.91. The van der Waals surface area contributed by atoms with Gasteiger partial charge in [-0.2, -0.15) is 0 Å². The highest BCUT2D eigenvalue weighted by Gasteiger charge is 2.19. The minimum absolute atomic E-state index is 0.0906. The van der Waals surface area contributed by atoms with Gasteiger partial charge in [0.2, 0.25) is 0 Å². The maximum Gasteiger partial charge on any atom is 0.328 e. The number of esters is 1. The van der Waals surface area contributed by atoms with Crippen LogP contribution in [0.1, 0.15) is 23.2 Å². The van der Waals surface area contributed by atoms with E-state index in [1.165, 1.54) is 27.2 Å². The molecule has 94 valence electrons. The first-order valence-electron chi connectivity index (χ1n) is 4.91. The fourth-order valence-electron chi connectivity index (χ4n) is 1.14. The molecule has 0 bridgehead atoms. The number of nitrogens with one attached hydrogen (secondary N) is 1. The van der Waals surface area contributed by atoms with Gasteiger partial charge >= 0.3 is 5.97 Å². The van der Waals surface area contributed by atoms with E-state index in [0.717, 1.165) is 0 Å². The highest BCUT2D eigenvalue weighted by atomic mass is 16.5. The van der Waals surface area contributed by atoms with Gasteiger partial charge in [0.15, 0.2) is 11.5 Å². The maximum absolute atomic E-state index is 11.6. The van der Waals surface area contributed by atoms with Crippen molar-refractivity contribution in [2.24, 2.45) is 0 Å². The molecule has 0 aliphatic rings. The van der Waals surface area contributed by atoms with E-state index in [1.54, 1.807) is 0 Å². The van der Waals surface area contributed by atoms with Crippen LogP contribution in [0.2, 0.25) is 0 Å². The third-order valence-corrected chi connectivity index (χ3v) is 1.98. The second kappa shape index (κ2) is 6.00. The van der Waals surface area contributed by atoms with Crippen LogP contribution in [0.5, 0.6) is 0 Å². The quantitative estimate of drug-likeness (QED) is 0.737. The van der Waals surface area contributed by atoms with Crippen LogP contribution in [0.3, 0.4) is 0 Å². The van der Waals surface area contributed by atoms with Crippen molar-refractivity contribution in [2.75, 3.05) is 14.2 Å². The van der Waals surface area contributed by atoms with Crippen LogP contribution in [0.25, 0.3) is 0 Å². The molecule has 0 aliphatic carbocycles. The summed E-state index contributed by atoms with van der Waals surface area (Å²) in [5, 5.41) is 5.98. The Labute approximate surface area is 98.1 Å². The highest BCUT2D eigenvalue weighted by Crippen LogP contribution is 2.05. The summed E-state index contributed by atoms with van der Waals surface area (Å²) < 4.78 is 14.1. The lowest BCUT2D eigenvalue weighted by Crippen LogP contribution is -2.39. The number of amides is 1. The minimum atomic E-state index is -0.741. The van der Waals surface area contributed by atoms with Crippen molar-refractivity contribution in [3.63, 3.8) is 0 Å². The van der Waals surface area contributed by atoms with E-state index < -0.39 is 17.9 Å². The van der Waals surface area contributed by atoms with Gasteiger partial charge in [0.05, 0.1) is 7.11 Å². The molecule has 1 aromatic rings. The van der Waals surface area contributed by atoms with Crippen LogP contribution >= 0.6 is 0 Å². The second-order valence-corrected chi connectivity index (χ2v) is 3.33. The number of rotatable bonds is 5. The Balaban J connectivity index is 2.60. The Bertz CT molecular complexity index is 401. The van der Waals surface area contributed by atoms with Crippen molar-refractivity contribution >= 4 is 11.9 Å². The molecule has 1 unspecified atom stereocenters. The molecular formula is C10H14N2O5. The van der Waals surface area contributed by atoms with Crippen LogP contribution in [0, 0.1) is 0 Å². The summed E-state index contributed by atoms with van der Waals surface area (Å²) in [6.07, 6.45) is 0. The van der Waals surface area contributed by atoms with E-state index in [9.17, 15) is 9.59 Å². The topological polar surface area (TPSA) is 90.7 Å². The van der Waals surface area contributed by atoms with Gasteiger partial charge in [0.25, 0.3) is 5.91 Å². The summed E-state index contributed by atoms with van der Waals surface area (Å²) in [6, 6.07) is 0.707. The number of carbonyl (C=O) groups is 2. The summed E-state index contributed by atoms with van der Waals surface area (Å²) in [4.78, 5) is 22.7. The smallest absolute Gasteiger partial charge is 0.328 e. The molecule has 1 N–H and O–H groups in total. The highest BCUT2D eigenvalue weighted by molar-refractivity contribution is 5.94. The van der Waals surface area contributed by atoms with Crippen molar-refractivity contribution in [3.05, 3.63) is 17.5 Å². The molecule has 1 amide bonds. The molecule has 7 heteroatoms. The second-order valence-electron chi connectivity index (χ2n) is 3.33. The molecule has 0 fully saturated rings. The lowest BCUT2D eigenvalue weighted by molar-refractivity contribution is -0.142. The van der Waals surface area contributed by atoms with Gasteiger partial charge in [-0.15, -0.1) is 0 Å². The molecule has 0 spiro atoms. The van der Waals surface area contributed by atoms with Crippen molar-refractivity contribution in [2.45, 2.75) is 19.6 Å². The predicted octanol–water partition coefficient (Wildman–Crippen LogP) is 0.112. The van der Waals surface area contributed by atoms with Crippen LogP contribution in [-0.2, 0) is 20.9 Å². The fraction of sp³-hybridized carbons (Fsp3) is 0.500. The zero-order valence-electron chi connectivity index (χ0n) is 9.85. The lowest BCUT2D eigenvalue weighted by atomic mass is 10.3. The number of aromatic nitrogens is 1. The van der Waals surface area contributed by atoms with Crippen molar-refractivity contribution in [1.82, 2.24) is 10.5 Å². The first kappa shape index (κ1) is 13.2. The molecule has 0 saturated heterocycles. The molecule has 1 heterocycles. The van der Waals surface area contributed by atoms with Gasteiger partial charge in [0.1, 0.15) is 12.6 Å². The summed E-state index contributed by atoms with van der Waals surface area (Å²) in [7, 11) is 2.75. The van der Waals surface area contributed by atoms with Crippen molar-refractivity contribution < 1.29 is 23.6 Å². The Hall–Kier alpha value is -1.89. The Morgan fingerprint density at radius 3 is 2.82 bits per heavy atom. The van der Waals surface area contributed by atoms with Crippen molar-refractivity contribution in [1.29, 1.82) is 0 Å². The zero-order valence-corrected chi connectivity index (χ0v) is 9.85. The van der Waals surface area contributed by atoms with Crippen LogP contribution in [-0.4, -0.2) is 37.3 Å². The van der Waals surface area contributed by atoms with Gasteiger partial charge in [-0.1, -0.05) is 5.16 Å². The molecule has 1 atom stereocenters. The van der Waals surface area contributed by atoms with Gasteiger partial charge in [-0.05, 0) is 6.92 Å². The van der Waals surface area contributed by atoms with Gasteiger partial charge in [0, 0.05) is 13.2 Å². The predicted molar refractivity (Wildman–Crippen MR) is 56.2 cm³/mol. The SMILES string of the molecule is COCc1cc(C(=O)NC(C)C(=O)OC)no1. The Morgan fingerprint density at radius 2 is 2.24 bits per heavy atom. The monoisotopic (exact) mass is 242 g/mol. The molecular weight excluding hydrogens is 228 g/mol. The molecule has 0 aliphatic heterocycles. The Morgan fingerprint density at radius 1 is 1.53 bits per heavy atom. The molecule has 0 radical (unpaired) electrons. The molecule has 1 rings (SSSR count). The summed E-state index contributed by atoms with van der Waals surface area (Å²) >= 11 is 0. The Kier molecular flexibility index (Phi) is 4.65. The summed E-state index contributed by atoms with van der Waals surface area (Å²) in [6.45, 7) is 1.74. The molecule has 1 aromatic heterocycles. The van der Waals surface area contributed by atoms with Crippen LogP contribution in [0.4, 0.5) is 0 Å². The number of carbonyl (C=O) groups excluding carboxylic acids is 2. The standard InChI is InChI=1S/C10H14N2O5/c1-6(10(14)16-3)11-9(13)8-4-7(5-15-2)17-12-8/h4,6H,5H2,1-3H3,(H,11,13). The number of hydrogen-bond donors (Lipinski definition) is 1. The van der Waals surface area contributed by atoms with Crippen LogP contribution in [0.15, 0.2) is 10.6 Å². The normalized spacial score (nSPS) is 11.9. The van der Waals surface area contributed by atoms with E-state index in [2.05, 4.69) is 15.2 Å². The third kappa shape index (κ3) is 3.56. The average Bonchev–Trinajstić information content (AvgIpc) is 2.77. The number of hydrogen-bond acceptors (Lipinski definition) is 6. The molecule has 0 aromatic carbocycles. The lowest BCUT2D eigenvalue weighted by Gasteiger charge is -2.09. The zero-order chi connectivity index (χ0) is 12.8. The summed E-state index contributed by atoms with van der Waals surface area (Å²) in [5.74, 6) is -0.601. The van der Waals surface area contributed by atoms with E-state index >= 15 is 0 Å². The molecule has 7 nitrogen and oxygen atoms in total. The third-order valence-electron chi connectivity index (χ3n) is 1.98. The van der Waals surface area contributed by atoms with Gasteiger partial charge in [-0.3, -0.25) is 4.79 Å². The molecule has 17 heavy (non-hydrogen) atoms. The number of methoxy groups -OCH3 is 2. The van der Waals surface area contributed by atoms with Crippen LogP contribution < -0.4 is 5.32 Å². The van der Waals surface area contributed by atoms with Gasteiger partial charge in [-0.25, -0.2) is 4.79 Å². The maximum atomic E-state index is 11.6. The van der Waals surface area contributed by atoms with E-state index in [4.69, 9.17) is 9.26 Å². The van der Waals surface area contributed by atoms with E-state index in [0.29, 0.717) is 5.76 Å². The van der Waals surface area contributed by atoms with Crippen molar-refractivity contribution in [3.8, 4) is 0 Å². The van der Waals surface area contributed by atoms with Gasteiger partial charge < -0.3 is 19.3 Å².